The SMILES string of the molecule is COCCn1cc(C(=O)N2CCN(Cc3ccc(Br)s3)CC2)ccc1=O. The van der Waals surface area contributed by atoms with Crippen molar-refractivity contribution in [2.75, 3.05) is 39.9 Å². The van der Waals surface area contributed by atoms with Gasteiger partial charge in [-0.05, 0) is 34.1 Å². The molecule has 0 radical (unpaired) electrons. The van der Waals surface area contributed by atoms with Crippen molar-refractivity contribution in [3.63, 3.8) is 0 Å². The maximum atomic E-state index is 12.8. The molecule has 0 aromatic carbocycles. The Morgan fingerprint density at radius 3 is 2.62 bits per heavy atom. The van der Waals surface area contributed by atoms with Gasteiger partial charge in [0.15, 0.2) is 0 Å². The summed E-state index contributed by atoms with van der Waals surface area (Å²) in [6.07, 6.45) is 1.64. The molecule has 0 unspecified atom stereocenters. The molecule has 1 amide bonds. The Morgan fingerprint density at radius 1 is 1.19 bits per heavy atom. The molecule has 3 rings (SSSR count). The average molecular weight is 440 g/mol. The van der Waals surface area contributed by atoms with Crippen LogP contribution in [0.1, 0.15) is 15.2 Å². The molecule has 0 spiro atoms. The molecule has 26 heavy (non-hydrogen) atoms. The molecule has 2 aromatic rings. The van der Waals surface area contributed by atoms with Crippen molar-refractivity contribution in [1.82, 2.24) is 14.4 Å². The number of carbonyl (C=O) groups is 1. The molecule has 1 aliphatic heterocycles. The van der Waals surface area contributed by atoms with E-state index in [4.69, 9.17) is 4.74 Å². The highest BCUT2D eigenvalue weighted by Crippen LogP contribution is 2.23. The first-order chi connectivity index (χ1) is 12.6. The molecule has 0 N–H and O–H groups in total. The Balaban J connectivity index is 1.58. The van der Waals surface area contributed by atoms with Gasteiger partial charge in [0.1, 0.15) is 0 Å². The number of hydrogen-bond acceptors (Lipinski definition) is 5. The van der Waals surface area contributed by atoms with Crippen molar-refractivity contribution < 1.29 is 9.53 Å². The molecule has 0 bridgehead atoms. The van der Waals surface area contributed by atoms with Gasteiger partial charge in [-0.25, -0.2) is 0 Å². The summed E-state index contributed by atoms with van der Waals surface area (Å²) in [6, 6.07) is 7.27. The summed E-state index contributed by atoms with van der Waals surface area (Å²) < 4.78 is 7.69. The molecule has 140 valence electrons. The van der Waals surface area contributed by atoms with Crippen LogP contribution in [0.2, 0.25) is 0 Å². The standard InChI is InChI=1S/C18H22BrN3O3S/c1-25-11-10-22-12-14(2-5-17(22)23)18(24)21-8-6-20(7-9-21)13-15-3-4-16(19)26-15/h2-5,12H,6-11,13H2,1H3. The van der Waals surface area contributed by atoms with E-state index in [2.05, 4.69) is 33.0 Å². The van der Waals surface area contributed by atoms with E-state index in [9.17, 15) is 9.59 Å². The van der Waals surface area contributed by atoms with Gasteiger partial charge in [-0.1, -0.05) is 0 Å². The summed E-state index contributed by atoms with van der Waals surface area (Å²) in [5.74, 6) is -0.0188. The van der Waals surface area contributed by atoms with Crippen molar-refractivity contribution in [3.8, 4) is 0 Å². The van der Waals surface area contributed by atoms with Crippen LogP contribution >= 0.6 is 27.3 Å². The smallest absolute Gasteiger partial charge is 0.255 e. The summed E-state index contributed by atoms with van der Waals surface area (Å²) in [4.78, 5) is 30.2. The average Bonchev–Trinajstić information content (AvgIpc) is 3.06. The Labute approximate surface area is 165 Å². The van der Waals surface area contributed by atoms with E-state index in [1.807, 2.05) is 4.90 Å². The molecule has 0 atom stereocenters. The summed E-state index contributed by atoms with van der Waals surface area (Å²) in [7, 11) is 1.59. The highest BCUT2D eigenvalue weighted by atomic mass is 79.9. The van der Waals surface area contributed by atoms with Crippen molar-refractivity contribution in [2.24, 2.45) is 0 Å². The fourth-order valence-electron chi connectivity index (χ4n) is 2.97. The number of methoxy groups -OCH3 is 1. The molecular formula is C18H22BrN3O3S. The van der Waals surface area contributed by atoms with E-state index in [0.29, 0.717) is 31.8 Å². The third-order valence-electron chi connectivity index (χ3n) is 4.43. The summed E-state index contributed by atoms with van der Waals surface area (Å²) in [5.41, 5.74) is 0.432. The molecule has 3 heterocycles. The van der Waals surface area contributed by atoms with E-state index in [-0.39, 0.29) is 11.5 Å². The van der Waals surface area contributed by atoms with Crippen LogP contribution < -0.4 is 5.56 Å². The second-order valence-corrected chi connectivity index (χ2v) is 8.76. The van der Waals surface area contributed by atoms with Crippen LogP contribution in [0.4, 0.5) is 0 Å². The number of thiophene rings is 1. The van der Waals surface area contributed by atoms with Gasteiger partial charge in [0, 0.05) is 63.5 Å². The number of ether oxygens (including phenoxy) is 1. The van der Waals surface area contributed by atoms with Crippen LogP contribution in [0, 0.1) is 0 Å². The van der Waals surface area contributed by atoms with Gasteiger partial charge in [0.25, 0.3) is 11.5 Å². The second-order valence-electron chi connectivity index (χ2n) is 6.22. The van der Waals surface area contributed by atoms with Gasteiger partial charge in [-0.15, -0.1) is 11.3 Å². The maximum absolute atomic E-state index is 12.8. The lowest BCUT2D eigenvalue weighted by molar-refractivity contribution is 0.0628. The van der Waals surface area contributed by atoms with E-state index >= 15 is 0 Å². The van der Waals surface area contributed by atoms with E-state index in [1.54, 1.807) is 30.7 Å². The molecule has 1 aliphatic rings. The number of nitrogens with zero attached hydrogens (tertiary/aromatic N) is 3. The van der Waals surface area contributed by atoms with Crippen LogP contribution in [-0.4, -0.2) is 60.2 Å². The maximum Gasteiger partial charge on any atom is 0.255 e. The topological polar surface area (TPSA) is 54.8 Å². The predicted octanol–water partition coefficient (Wildman–Crippen LogP) is 2.28. The number of pyridine rings is 1. The third-order valence-corrected chi connectivity index (χ3v) is 6.04. The fraction of sp³-hybridized carbons (Fsp3) is 0.444. The summed E-state index contributed by atoms with van der Waals surface area (Å²) in [5, 5.41) is 0. The Kier molecular flexibility index (Phi) is 6.63. The summed E-state index contributed by atoms with van der Waals surface area (Å²) in [6.45, 7) is 4.90. The lowest BCUT2D eigenvalue weighted by atomic mass is 10.2. The highest BCUT2D eigenvalue weighted by Gasteiger charge is 2.23. The van der Waals surface area contributed by atoms with Crippen LogP contribution in [0.3, 0.4) is 0 Å². The first-order valence-electron chi connectivity index (χ1n) is 8.52. The molecular weight excluding hydrogens is 418 g/mol. The number of amides is 1. The van der Waals surface area contributed by atoms with Gasteiger partial charge in [0.2, 0.25) is 0 Å². The normalized spacial score (nSPS) is 15.4. The monoisotopic (exact) mass is 439 g/mol. The second kappa shape index (κ2) is 8.94. The Hall–Kier alpha value is -1.48. The van der Waals surface area contributed by atoms with E-state index in [1.165, 1.54) is 15.5 Å². The van der Waals surface area contributed by atoms with E-state index in [0.717, 1.165) is 23.4 Å². The fourth-order valence-corrected chi connectivity index (χ4v) is 4.50. The zero-order chi connectivity index (χ0) is 18.5. The van der Waals surface area contributed by atoms with Crippen molar-refractivity contribution in [1.29, 1.82) is 0 Å². The summed E-state index contributed by atoms with van der Waals surface area (Å²) >= 11 is 5.24. The highest BCUT2D eigenvalue weighted by molar-refractivity contribution is 9.11. The number of aromatic nitrogens is 1. The number of hydrogen-bond donors (Lipinski definition) is 0. The van der Waals surface area contributed by atoms with E-state index < -0.39 is 0 Å². The Bertz CT molecular complexity index is 812. The van der Waals surface area contributed by atoms with Crippen LogP contribution in [0.25, 0.3) is 0 Å². The zero-order valence-corrected chi connectivity index (χ0v) is 17.1. The number of carbonyl (C=O) groups excluding carboxylic acids is 1. The molecule has 0 saturated carbocycles. The minimum Gasteiger partial charge on any atom is -0.383 e. The van der Waals surface area contributed by atoms with Crippen molar-refractivity contribution in [3.05, 3.63) is 55.0 Å². The lowest BCUT2D eigenvalue weighted by Crippen LogP contribution is -2.48. The minimum absolute atomic E-state index is 0.0188. The number of halogens is 1. The van der Waals surface area contributed by atoms with Crippen LogP contribution in [0.15, 0.2) is 39.0 Å². The van der Waals surface area contributed by atoms with Crippen molar-refractivity contribution in [2.45, 2.75) is 13.1 Å². The first-order valence-corrected chi connectivity index (χ1v) is 10.1. The number of rotatable bonds is 6. The van der Waals surface area contributed by atoms with Crippen LogP contribution in [-0.2, 0) is 17.8 Å². The van der Waals surface area contributed by atoms with Gasteiger partial charge in [0.05, 0.1) is 16.0 Å². The van der Waals surface area contributed by atoms with Gasteiger partial charge in [-0.3, -0.25) is 14.5 Å². The van der Waals surface area contributed by atoms with Crippen molar-refractivity contribution >= 4 is 33.2 Å². The molecule has 6 nitrogen and oxygen atoms in total. The largest absolute Gasteiger partial charge is 0.383 e. The van der Waals surface area contributed by atoms with Gasteiger partial charge in [-0.2, -0.15) is 0 Å². The molecule has 1 saturated heterocycles. The third kappa shape index (κ3) is 4.82. The molecule has 8 heteroatoms. The van der Waals surface area contributed by atoms with Crippen LogP contribution in [0.5, 0.6) is 0 Å². The lowest BCUT2D eigenvalue weighted by Gasteiger charge is -2.34. The first kappa shape index (κ1) is 19.3. The minimum atomic E-state index is -0.120. The quantitative estimate of drug-likeness (QED) is 0.692. The van der Waals surface area contributed by atoms with Gasteiger partial charge < -0.3 is 14.2 Å². The number of piperazine rings is 1. The molecule has 1 fully saturated rings. The predicted molar refractivity (Wildman–Crippen MR) is 106 cm³/mol. The Morgan fingerprint density at radius 2 is 1.96 bits per heavy atom. The van der Waals surface area contributed by atoms with Gasteiger partial charge >= 0.3 is 0 Å². The molecule has 0 aliphatic carbocycles. The zero-order valence-electron chi connectivity index (χ0n) is 14.7. The molecule has 2 aromatic heterocycles.